The number of aromatic hydroxyl groups is 1. The molecule has 1 aliphatic heterocycles. The summed E-state index contributed by atoms with van der Waals surface area (Å²) in [7, 11) is 1.40. The molecule has 1 aliphatic rings. The van der Waals surface area contributed by atoms with Gasteiger partial charge in [-0.3, -0.25) is 19.3 Å². The Morgan fingerprint density at radius 2 is 1.88 bits per heavy atom. The van der Waals surface area contributed by atoms with Gasteiger partial charge in [0.15, 0.2) is 11.5 Å². The molecule has 0 aromatic heterocycles. The molecule has 9 nitrogen and oxygen atoms in total. The molecular weight excluding hydrogens is 436 g/mol. The fourth-order valence-corrected chi connectivity index (χ4v) is 3.66. The summed E-state index contributed by atoms with van der Waals surface area (Å²) in [5.41, 5.74) is 1.30. The highest BCUT2D eigenvalue weighted by atomic mass is 32.2. The lowest BCUT2D eigenvalue weighted by Gasteiger charge is -2.12. The van der Waals surface area contributed by atoms with E-state index in [0.717, 1.165) is 4.90 Å². The minimum Gasteiger partial charge on any atom is -0.504 e. The molecule has 1 saturated heterocycles. The lowest BCUT2D eigenvalue weighted by Crippen LogP contribution is -2.36. The van der Waals surface area contributed by atoms with Gasteiger partial charge in [0.1, 0.15) is 6.54 Å². The van der Waals surface area contributed by atoms with E-state index in [0.29, 0.717) is 28.6 Å². The molecular formula is C22H20N2O7S. The van der Waals surface area contributed by atoms with Crippen LogP contribution >= 0.6 is 11.8 Å². The molecule has 1 heterocycles. The zero-order valence-electron chi connectivity index (χ0n) is 17.3. The number of nitrogens with zero attached hydrogens (tertiary/aromatic N) is 1. The highest BCUT2D eigenvalue weighted by molar-refractivity contribution is 8.18. The van der Waals surface area contributed by atoms with Gasteiger partial charge in [0.05, 0.1) is 24.2 Å². The van der Waals surface area contributed by atoms with E-state index >= 15 is 0 Å². The van der Waals surface area contributed by atoms with Crippen molar-refractivity contribution in [2.45, 2.75) is 6.92 Å². The number of amides is 3. The maximum atomic E-state index is 12.6. The number of esters is 1. The van der Waals surface area contributed by atoms with Crippen LogP contribution in [0.15, 0.2) is 47.4 Å². The first-order valence-electron chi connectivity index (χ1n) is 9.51. The molecule has 0 atom stereocenters. The quantitative estimate of drug-likeness (QED) is 0.481. The number of ether oxygens (including phenoxy) is 2. The average molecular weight is 456 g/mol. The Morgan fingerprint density at radius 3 is 2.53 bits per heavy atom. The zero-order chi connectivity index (χ0) is 23.3. The molecule has 10 heteroatoms. The van der Waals surface area contributed by atoms with E-state index in [9.17, 15) is 24.3 Å². The lowest BCUT2D eigenvalue weighted by molar-refractivity contribution is -0.127. The number of carbonyl (C=O) groups is 4. The van der Waals surface area contributed by atoms with Crippen LogP contribution in [0.4, 0.5) is 10.5 Å². The topological polar surface area (TPSA) is 122 Å². The highest BCUT2D eigenvalue weighted by Gasteiger charge is 2.36. The van der Waals surface area contributed by atoms with E-state index in [1.165, 1.54) is 49.6 Å². The molecule has 0 saturated carbocycles. The molecule has 2 aromatic carbocycles. The number of methoxy groups -OCH3 is 1. The van der Waals surface area contributed by atoms with Crippen LogP contribution < -0.4 is 10.1 Å². The van der Waals surface area contributed by atoms with Crippen molar-refractivity contribution in [2.24, 2.45) is 0 Å². The molecule has 0 radical (unpaired) electrons. The molecule has 0 spiro atoms. The Bertz CT molecular complexity index is 1100. The van der Waals surface area contributed by atoms with Crippen LogP contribution in [0.3, 0.4) is 0 Å². The number of hydrogen-bond acceptors (Lipinski definition) is 8. The fraction of sp³-hybridized carbons (Fsp3) is 0.182. The Morgan fingerprint density at radius 1 is 1.16 bits per heavy atom. The summed E-state index contributed by atoms with van der Waals surface area (Å²) in [6.45, 7) is 1.50. The van der Waals surface area contributed by atoms with Gasteiger partial charge >= 0.3 is 5.97 Å². The Kier molecular flexibility index (Phi) is 7.16. The van der Waals surface area contributed by atoms with Crippen molar-refractivity contribution in [1.29, 1.82) is 0 Å². The third kappa shape index (κ3) is 5.27. The van der Waals surface area contributed by atoms with E-state index in [2.05, 4.69) is 5.32 Å². The van der Waals surface area contributed by atoms with E-state index in [4.69, 9.17) is 9.47 Å². The van der Waals surface area contributed by atoms with Gasteiger partial charge in [0.25, 0.3) is 11.1 Å². The molecule has 0 aliphatic carbocycles. The van der Waals surface area contributed by atoms with Crippen molar-refractivity contribution in [3.8, 4) is 11.5 Å². The van der Waals surface area contributed by atoms with Crippen molar-refractivity contribution in [3.05, 3.63) is 58.5 Å². The van der Waals surface area contributed by atoms with Gasteiger partial charge in [-0.1, -0.05) is 6.07 Å². The van der Waals surface area contributed by atoms with Gasteiger partial charge in [0, 0.05) is 5.69 Å². The summed E-state index contributed by atoms with van der Waals surface area (Å²) in [6, 6.07) is 10.6. The Balaban J connectivity index is 1.65. The van der Waals surface area contributed by atoms with Crippen molar-refractivity contribution in [2.75, 3.05) is 25.6 Å². The monoisotopic (exact) mass is 456 g/mol. The molecule has 3 amide bonds. The molecule has 2 aromatic rings. The SMILES string of the molecule is CCOC(=O)c1ccc(NC(=O)CN2C(=O)S/C(=C\c3ccc(O)c(OC)c3)C2=O)cc1. The number of thioether (sulfide) groups is 1. The number of phenolic OH excluding ortho intramolecular Hbond substituents is 1. The molecule has 2 N–H and O–H groups in total. The van der Waals surface area contributed by atoms with Crippen molar-refractivity contribution in [3.63, 3.8) is 0 Å². The number of benzene rings is 2. The first-order chi connectivity index (χ1) is 15.3. The molecule has 0 bridgehead atoms. The summed E-state index contributed by atoms with van der Waals surface area (Å²) in [5, 5.41) is 11.7. The van der Waals surface area contributed by atoms with Gasteiger partial charge in [-0.25, -0.2) is 4.79 Å². The molecule has 1 fully saturated rings. The summed E-state index contributed by atoms with van der Waals surface area (Å²) in [6.07, 6.45) is 1.48. The summed E-state index contributed by atoms with van der Waals surface area (Å²) < 4.78 is 9.93. The van der Waals surface area contributed by atoms with Crippen molar-refractivity contribution >= 4 is 46.5 Å². The standard InChI is InChI=1S/C22H20N2O7S/c1-3-31-21(28)14-5-7-15(8-6-14)23-19(26)12-24-20(27)18(32-22(24)29)11-13-4-9-16(25)17(10-13)30-2/h4-11,25H,3,12H2,1-2H3,(H,23,26)/b18-11-. The van der Waals surface area contributed by atoms with E-state index in [-0.39, 0.29) is 23.0 Å². The van der Waals surface area contributed by atoms with Crippen LogP contribution in [0.5, 0.6) is 11.5 Å². The van der Waals surface area contributed by atoms with E-state index in [1.807, 2.05) is 0 Å². The smallest absolute Gasteiger partial charge is 0.338 e. The van der Waals surface area contributed by atoms with Crippen LogP contribution in [-0.4, -0.2) is 53.3 Å². The Labute approximate surface area is 188 Å². The number of hydrogen-bond donors (Lipinski definition) is 2. The summed E-state index contributed by atoms with van der Waals surface area (Å²) in [4.78, 5) is 49.9. The minimum absolute atomic E-state index is 0.0512. The second-order valence-electron chi connectivity index (χ2n) is 6.55. The second kappa shape index (κ2) is 10.0. The summed E-state index contributed by atoms with van der Waals surface area (Å²) in [5.74, 6) is -1.46. The first kappa shape index (κ1) is 22.9. The van der Waals surface area contributed by atoms with Crippen LogP contribution in [0.1, 0.15) is 22.8 Å². The maximum absolute atomic E-state index is 12.6. The molecule has 3 rings (SSSR count). The third-order valence-corrected chi connectivity index (χ3v) is 5.26. The van der Waals surface area contributed by atoms with Crippen molar-refractivity contribution in [1.82, 2.24) is 4.90 Å². The van der Waals surface area contributed by atoms with E-state index in [1.54, 1.807) is 13.0 Å². The maximum Gasteiger partial charge on any atom is 0.338 e. The predicted molar refractivity (Wildman–Crippen MR) is 118 cm³/mol. The number of imide groups is 1. The van der Waals surface area contributed by atoms with Gasteiger partial charge < -0.3 is 19.9 Å². The second-order valence-corrected chi connectivity index (χ2v) is 7.54. The van der Waals surface area contributed by atoms with E-state index < -0.39 is 29.6 Å². The zero-order valence-corrected chi connectivity index (χ0v) is 18.1. The van der Waals surface area contributed by atoms with Crippen LogP contribution in [0, 0.1) is 0 Å². The highest BCUT2D eigenvalue weighted by Crippen LogP contribution is 2.34. The van der Waals surface area contributed by atoms with Gasteiger partial charge in [-0.05, 0) is 66.7 Å². The predicted octanol–water partition coefficient (Wildman–Crippen LogP) is 3.25. The minimum atomic E-state index is -0.597. The van der Waals surface area contributed by atoms with Gasteiger partial charge in [0.2, 0.25) is 5.91 Å². The number of nitrogens with one attached hydrogen (secondary N) is 1. The number of anilines is 1. The normalized spacial score (nSPS) is 14.6. The lowest BCUT2D eigenvalue weighted by atomic mass is 10.2. The first-order valence-corrected chi connectivity index (χ1v) is 10.3. The van der Waals surface area contributed by atoms with Crippen LogP contribution in [-0.2, 0) is 14.3 Å². The fourth-order valence-electron chi connectivity index (χ4n) is 2.82. The van der Waals surface area contributed by atoms with Crippen molar-refractivity contribution < 1.29 is 33.8 Å². The number of carbonyl (C=O) groups excluding carboxylic acids is 4. The molecule has 0 unspecified atom stereocenters. The average Bonchev–Trinajstić information content (AvgIpc) is 3.03. The van der Waals surface area contributed by atoms with Crippen LogP contribution in [0.2, 0.25) is 0 Å². The molecule has 166 valence electrons. The Hall–Kier alpha value is -3.79. The largest absolute Gasteiger partial charge is 0.504 e. The molecule has 32 heavy (non-hydrogen) atoms. The number of rotatable bonds is 7. The third-order valence-electron chi connectivity index (χ3n) is 4.36. The van der Waals surface area contributed by atoms with Gasteiger partial charge in [-0.2, -0.15) is 0 Å². The van der Waals surface area contributed by atoms with Gasteiger partial charge in [-0.15, -0.1) is 0 Å². The van der Waals surface area contributed by atoms with Crippen LogP contribution in [0.25, 0.3) is 6.08 Å². The summed E-state index contributed by atoms with van der Waals surface area (Å²) >= 11 is 0.716. The number of phenols is 1.